The monoisotopic (exact) mass is 207 g/mol. The Balaban J connectivity index is 3.18. The minimum Gasteiger partial charge on any atom is -0.215 e. The number of rotatable bonds is 7. The highest BCUT2D eigenvalue weighted by Gasteiger charge is 1.99. The second kappa shape index (κ2) is 6.38. The molecule has 0 saturated heterocycles. The Labute approximate surface area is 82.0 Å². The van der Waals surface area contributed by atoms with E-state index in [-0.39, 0.29) is 0 Å². The molecule has 0 saturated carbocycles. The van der Waals surface area contributed by atoms with Gasteiger partial charge in [0.05, 0.1) is 6.26 Å². The molecule has 0 amide bonds. The first kappa shape index (κ1) is 12.9. The molecule has 0 bridgehead atoms. The van der Waals surface area contributed by atoms with Crippen LogP contribution in [0.5, 0.6) is 0 Å². The third-order valence-corrected chi connectivity index (χ3v) is 2.55. The normalized spacial score (nSPS) is 12.3. The lowest BCUT2D eigenvalue weighted by atomic mass is 10.1. The summed E-state index contributed by atoms with van der Waals surface area (Å²) in [7, 11) is -2.98. The number of hydrogen-bond acceptors (Lipinski definition) is 2. The van der Waals surface area contributed by atoms with Crippen LogP contribution in [0.3, 0.4) is 0 Å². The van der Waals surface area contributed by atoms with E-state index in [1.807, 2.05) is 0 Å². The van der Waals surface area contributed by atoms with Crippen LogP contribution in [-0.2, 0) is 10.0 Å². The summed E-state index contributed by atoms with van der Waals surface area (Å²) >= 11 is 0. The van der Waals surface area contributed by atoms with Crippen molar-refractivity contribution >= 4 is 10.0 Å². The molecule has 80 valence electrons. The molecule has 0 aliphatic carbocycles. The molecule has 0 aromatic rings. The predicted molar refractivity (Wildman–Crippen MR) is 56.2 cm³/mol. The fourth-order valence-corrected chi connectivity index (χ4v) is 1.63. The highest BCUT2D eigenvalue weighted by Crippen LogP contribution is 2.07. The maximum atomic E-state index is 10.7. The fourth-order valence-electron chi connectivity index (χ4n) is 1.11. The van der Waals surface area contributed by atoms with E-state index in [1.54, 1.807) is 0 Å². The average Bonchev–Trinajstić information content (AvgIpc) is 1.93. The van der Waals surface area contributed by atoms with Crippen LogP contribution < -0.4 is 4.72 Å². The van der Waals surface area contributed by atoms with Crippen molar-refractivity contribution in [3.63, 3.8) is 0 Å². The molecule has 0 unspecified atom stereocenters. The zero-order valence-electron chi connectivity index (χ0n) is 8.84. The summed E-state index contributed by atoms with van der Waals surface area (Å²) in [6.45, 7) is 4.99. The van der Waals surface area contributed by atoms with Gasteiger partial charge in [-0.1, -0.05) is 33.1 Å². The first-order valence-electron chi connectivity index (χ1n) is 4.86. The van der Waals surface area contributed by atoms with Crippen molar-refractivity contribution in [1.29, 1.82) is 0 Å². The zero-order chi connectivity index (χ0) is 10.3. The highest BCUT2D eigenvalue weighted by atomic mass is 32.2. The zero-order valence-corrected chi connectivity index (χ0v) is 9.65. The minimum absolute atomic E-state index is 0.580. The number of nitrogens with one attached hydrogen (secondary N) is 1. The Hall–Kier alpha value is -0.0900. The van der Waals surface area contributed by atoms with E-state index < -0.39 is 10.0 Å². The van der Waals surface area contributed by atoms with E-state index in [9.17, 15) is 8.42 Å². The first-order valence-corrected chi connectivity index (χ1v) is 6.75. The fraction of sp³-hybridized carbons (Fsp3) is 1.00. The second-order valence-corrected chi connectivity index (χ2v) is 5.74. The predicted octanol–water partition coefficient (Wildman–Crippen LogP) is 1.75. The van der Waals surface area contributed by atoms with Crippen LogP contribution in [0.2, 0.25) is 0 Å². The van der Waals surface area contributed by atoms with Crippen molar-refractivity contribution < 1.29 is 8.42 Å². The molecule has 0 rings (SSSR count). The SMILES string of the molecule is CC(C)CCCCCNS(C)(=O)=O. The van der Waals surface area contributed by atoms with Gasteiger partial charge in [-0.05, 0) is 12.3 Å². The maximum Gasteiger partial charge on any atom is 0.208 e. The molecule has 0 aromatic carbocycles. The summed E-state index contributed by atoms with van der Waals surface area (Å²) in [5.41, 5.74) is 0. The van der Waals surface area contributed by atoms with Crippen molar-refractivity contribution in [3.8, 4) is 0 Å². The third kappa shape index (κ3) is 11.9. The van der Waals surface area contributed by atoms with Gasteiger partial charge in [0.1, 0.15) is 0 Å². The van der Waals surface area contributed by atoms with Gasteiger partial charge in [0.2, 0.25) is 10.0 Å². The lowest BCUT2D eigenvalue weighted by Crippen LogP contribution is -2.22. The van der Waals surface area contributed by atoms with Gasteiger partial charge in [-0.3, -0.25) is 0 Å². The molecule has 0 aromatic heterocycles. The number of hydrogen-bond donors (Lipinski definition) is 1. The summed E-state index contributed by atoms with van der Waals surface area (Å²) in [6, 6.07) is 0. The van der Waals surface area contributed by atoms with Gasteiger partial charge < -0.3 is 0 Å². The molecule has 0 atom stereocenters. The van der Waals surface area contributed by atoms with Crippen LogP contribution in [0.1, 0.15) is 39.5 Å². The Kier molecular flexibility index (Phi) is 6.33. The van der Waals surface area contributed by atoms with Gasteiger partial charge in [-0.15, -0.1) is 0 Å². The Bertz CT molecular complexity index is 210. The molecule has 13 heavy (non-hydrogen) atoms. The standard InChI is InChI=1S/C9H21NO2S/c1-9(2)7-5-4-6-8-10-13(3,11)12/h9-10H,4-8H2,1-3H3. The van der Waals surface area contributed by atoms with Crippen LogP contribution >= 0.6 is 0 Å². The van der Waals surface area contributed by atoms with Gasteiger partial charge in [-0.25, -0.2) is 13.1 Å². The molecular formula is C9H21NO2S. The Morgan fingerprint density at radius 2 is 1.77 bits per heavy atom. The van der Waals surface area contributed by atoms with Gasteiger partial charge in [0.15, 0.2) is 0 Å². The van der Waals surface area contributed by atoms with Crippen molar-refractivity contribution in [3.05, 3.63) is 0 Å². The number of unbranched alkanes of at least 4 members (excludes halogenated alkanes) is 2. The van der Waals surface area contributed by atoms with Gasteiger partial charge >= 0.3 is 0 Å². The molecule has 0 heterocycles. The number of sulfonamides is 1. The van der Waals surface area contributed by atoms with E-state index >= 15 is 0 Å². The molecule has 0 radical (unpaired) electrons. The summed E-state index contributed by atoms with van der Waals surface area (Å²) in [5, 5.41) is 0. The van der Waals surface area contributed by atoms with Gasteiger partial charge in [0, 0.05) is 6.54 Å². The molecule has 0 aliphatic rings. The minimum atomic E-state index is -2.98. The third-order valence-electron chi connectivity index (χ3n) is 1.82. The van der Waals surface area contributed by atoms with E-state index in [2.05, 4.69) is 18.6 Å². The van der Waals surface area contributed by atoms with E-state index in [0.717, 1.165) is 18.8 Å². The van der Waals surface area contributed by atoms with Gasteiger partial charge in [0.25, 0.3) is 0 Å². The van der Waals surface area contributed by atoms with E-state index in [4.69, 9.17) is 0 Å². The quantitative estimate of drug-likeness (QED) is 0.646. The topological polar surface area (TPSA) is 46.2 Å². The molecular weight excluding hydrogens is 186 g/mol. The molecule has 3 nitrogen and oxygen atoms in total. The van der Waals surface area contributed by atoms with Crippen LogP contribution in [-0.4, -0.2) is 21.2 Å². The van der Waals surface area contributed by atoms with Crippen molar-refractivity contribution in [2.75, 3.05) is 12.8 Å². The summed E-state index contributed by atoms with van der Waals surface area (Å²) in [6.07, 6.45) is 5.68. The van der Waals surface area contributed by atoms with Crippen molar-refractivity contribution in [1.82, 2.24) is 4.72 Å². The maximum absolute atomic E-state index is 10.7. The summed E-state index contributed by atoms with van der Waals surface area (Å²) in [5.74, 6) is 0.753. The van der Waals surface area contributed by atoms with Crippen molar-refractivity contribution in [2.45, 2.75) is 39.5 Å². The Morgan fingerprint density at radius 1 is 1.15 bits per heavy atom. The summed E-state index contributed by atoms with van der Waals surface area (Å²) in [4.78, 5) is 0. The molecule has 0 fully saturated rings. The average molecular weight is 207 g/mol. The van der Waals surface area contributed by atoms with Crippen LogP contribution in [0, 0.1) is 5.92 Å². The van der Waals surface area contributed by atoms with Crippen LogP contribution in [0.15, 0.2) is 0 Å². The molecule has 0 spiro atoms. The van der Waals surface area contributed by atoms with E-state index in [0.29, 0.717) is 6.54 Å². The molecule has 1 N–H and O–H groups in total. The van der Waals surface area contributed by atoms with E-state index in [1.165, 1.54) is 19.1 Å². The Morgan fingerprint density at radius 3 is 2.23 bits per heavy atom. The van der Waals surface area contributed by atoms with Gasteiger partial charge in [-0.2, -0.15) is 0 Å². The largest absolute Gasteiger partial charge is 0.215 e. The second-order valence-electron chi connectivity index (χ2n) is 3.91. The summed E-state index contributed by atoms with van der Waals surface area (Å²) < 4.78 is 23.8. The van der Waals surface area contributed by atoms with Crippen LogP contribution in [0.25, 0.3) is 0 Å². The molecule has 0 aliphatic heterocycles. The lowest BCUT2D eigenvalue weighted by molar-refractivity contribution is 0.523. The lowest BCUT2D eigenvalue weighted by Gasteiger charge is -2.04. The smallest absolute Gasteiger partial charge is 0.208 e. The highest BCUT2D eigenvalue weighted by molar-refractivity contribution is 7.88. The molecule has 4 heteroatoms. The van der Waals surface area contributed by atoms with Crippen LogP contribution in [0.4, 0.5) is 0 Å². The first-order chi connectivity index (χ1) is 5.92. The van der Waals surface area contributed by atoms with Crippen molar-refractivity contribution in [2.24, 2.45) is 5.92 Å².